The zero-order valence-electron chi connectivity index (χ0n) is 12.0. The van der Waals surface area contributed by atoms with Gasteiger partial charge in [0.25, 0.3) is 0 Å². The van der Waals surface area contributed by atoms with Gasteiger partial charge in [0.1, 0.15) is 0 Å². The number of nitrogens with one attached hydrogen (secondary N) is 1. The summed E-state index contributed by atoms with van der Waals surface area (Å²) >= 11 is 0. The van der Waals surface area contributed by atoms with E-state index in [-0.39, 0.29) is 17.7 Å². The molecule has 1 saturated heterocycles. The van der Waals surface area contributed by atoms with Crippen LogP contribution in [0.3, 0.4) is 0 Å². The Morgan fingerprint density at radius 2 is 2.14 bits per heavy atom. The van der Waals surface area contributed by atoms with Gasteiger partial charge in [-0.25, -0.2) is 8.42 Å². The molecular weight excluding hydrogens is 292 g/mol. The SMILES string of the molecule is CCCN(C1CCNC1)S(=O)(=O)c1ccc2c(c1)OCO2. The maximum atomic E-state index is 12.9. The topological polar surface area (TPSA) is 67.9 Å². The van der Waals surface area contributed by atoms with Gasteiger partial charge < -0.3 is 14.8 Å². The minimum absolute atomic E-state index is 0.0281. The Kier molecular flexibility index (Phi) is 4.05. The van der Waals surface area contributed by atoms with Crippen LogP contribution in [0.2, 0.25) is 0 Å². The summed E-state index contributed by atoms with van der Waals surface area (Å²) in [5.74, 6) is 1.09. The lowest BCUT2D eigenvalue weighted by atomic mass is 10.2. The molecule has 0 aromatic heterocycles. The molecule has 2 heterocycles. The third-order valence-corrected chi connectivity index (χ3v) is 5.78. The van der Waals surface area contributed by atoms with Crippen molar-refractivity contribution in [2.24, 2.45) is 0 Å². The molecule has 2 aliphatic rings. The average Bonchev–Trinajstić information content (AvgIpc) is 3.14. The highest BCUT2D eigenvalue weighted by Crippen LogP contribution is 2.35. The number of fused-ring (bicyclic) bond motifs is 1. The summed E-state index contributed by atoms with van der Waals surface area (Å²) in [4.78, 5) is 0.270. The Morgan fingerprint density at radius 1 is 1.33 bits per heavy atom. The molecule has 21 heavy (non-hydrogen) atoms. The van der Waals surface area contributed by atoms with Crippen LogP contribution in [0.4, 0.5) is 0 Å². The molecule has 0 spiro atoms. The van der Waals surface area contributed by atoms with Gasteiger partial charge in [0.2, 0.25) is 16.8 Å². The van der Waals surface area contributed by atoms with E-state index in [9.17, 15) is 8.42 Å². The van der Waals surface area contributed by atoms with Crippen LogP contribution in [0, 0.1) is 0 Å². The Balaban J connectivity index is 1.93. The molecule has 116 valence electrons. The van der Waals surface area contributed by atoms with Crippen LogP contribution in [0.25, 0.3) is 0 Å². The van der Waals surface area contributed by atoms with Crippen LogP contribution in [0.5, 0.6) is 11.5 Å². The largest absolute Gasteiger partial charge is 0.454 e. The lowest BCUT2D eigenvalue weighted by Crippen LogP contribution is -2.41. The van der Waals surface area contributed by atoms with Crippen LogP contribution >= 0.6 is 0 Å². The molecular formula is C14H20N2O4S. The second kappa shape index (κ2) is 5.82. The van der Waals surface area contributed by atoms with Crippen molar-refractivity contribution in [3.63, 3.8) is 0 Å². The van der Waals surface area contributed by atoms with Gasteiger partial charge in [0, 0.05) is 25.2 Å². The van der Waals surface area contributed by atoms with Crippen molar-refractivity contribution in [3.8, 4) is 11.5 Å². The predicted molar refractivity (Wildman–Crippen MR) is 78.0 cm³/mol. The van der Waals surface area contributed by atoms with Crippen molar-refractivity contribution in [2.45, 2.75) is 30.7 Å². The maximum absolute atomic E-state index is 12.9. The summed E-state index contributed by atoms with van der Waals surface area (Å²) in [6.07, 6.45) is 1.64. The molecule has 1 atom stereocenters. The zero-order chi connectivity index (χ0) is 14.9. The molecule has 1 unspecified atom stereocenters. The summed E-state index contributed by atoms with van der Waals surface area (Å²) in [6.45, 7) is 4.24. The van der Waals surface area contributed by atoms with Crippen molar-refractivity contribution in [1.29, 1.82) is 0 Å². The zero-order valence-corrected chi connectivity index (χ0v) is 12.9. The first-order valence-electron chi connectivity index (χ1n) is 7.25. The Hall–Kier alpha value is -1.31. The average molecular weight is 312 g/mol. The second-order valence-electron chi connectivity index (χ2n) is 5.28. The first-order valence-corrected chi connectivity index (χ1v) is 8.69. The molecule has 6 nitrogen and oxygen atoms in total. The highest BCUT2D eigenvalue weighted by molar-refractivity contribution is 7.89. The molecule has 0 aliphatic carbocycles. The van der Waals surface area contributed by atoms with Gasteiger partial charge in [-0.1, -0.05) is 6.92 Å². The fourth-order valence-electron chi connectivity index (χ4n) is 2.78. The van der Waals surface area contributed by atoms with E-state index in [4.69, 9.17) is 9.47 Å². The molecule has 1 N–H and O–H groups in total. The van der Waals surface area contributed by atoms with Gasteiger partial charge in [0.05, 0.1) is 4.90 Å². The molecule has 0 saturated carbocycles. The van der Waals surface area contributed by atoms with E-state index in [0.717, 1.165) is 19.4 Å². The summed E-state index contributed by atoms with van der Waals surface area (Å²) in [7, 11) is -3.51. The quantitative estimate of drug-likeness (QED) is 0.884. The third kappa shape index (κ3) is 2.73. The Morgan fingerprint density at radius 3 is 2.86 bits per heavy atom. The Labute approximate surface area is 125 Å². The fraction of sp³-hybridized carbons (Fsp3) is 0.571. The van der Waals surface area contributed by atoms with E-state index in [2.05, 4.69) is 5.32 Å². The van der Waals surface area contributed by atoms with Crippen LogP contribution in [-0.4, -0.2) is 45.2 Å². The molecule has 1 fully saturated rings. The lowest BCUT2D eigenvalue weighted by Gasteiger charge is -2.27. The van der Waals surface area contributed by atoms with Gasteiger partial charge in [-0.2, -0.15) is 4.31 Å². The van der Waals surface area contributed by atoms with Crippen molar-refractivity contribution in [3.05, 3.63) is 18.2 Å². The van der Waals surface area contributed by atoms with Crippen molar-refractivity contribution < 1.29 is 17.9 Å². The summed E-state index contributed by atoms with van der Waals surface area (Å²) in [5.41, 5.74) is 0. The van der Waals surface area contributed by atoms with Gasteiger partial charge in [-0.3, -0.25) is 0 Å². The molecule has 0 amide bonds. The highest BCUT2D eigenvalue weighted by Gasteiger charge is 2.33. The number of benzene rings is 1. The van der Waals surface area contributed by atoms with E-state index in [1.54, 1.807) is 22.5 Å². The standard InChI is InChI=1S/C14H20N2O4S/c1-2-7-16(11-5-6-15-9-11)21(17,18)12-3-4-13-14(8-12)20-10-19-13/h3-4,8,11,15H,2,5-7,9-10H2,1H3. The first kappa shape index (κ1) is 14.6. The van der Waals surface area contributed by atoms with Gasteiger partial charge in [-0.15, -0.1) is 0 Å². The highest BCUT2D eigenvalue weighted by atomic mass is 32.2. The third-order valence-electron chi connectivity index (χ3n) is 3.84. The van der Waals surface area contributed by atoms with Crippen LogP contribution in [-0.2, 0) is 10.0 Å². The molecule has 3 rings (SSSR count). The van der Waals surface area contributed by atoms with E-state index in [1.807, 2.05) is 6.92 Å². The number of ether oxygens (including phenoxy) is 2. The monoisotopic (exact) mass is 312 g/mol. The number of rotatable bonds is 5. The molecule has 1 aromatic rings. The van der Waals surface area contributed by atoms with Crippen LogP contribution in [0.15, 0.2) is 23.1 Å². The predicted octanol–water partition coefficient (Wildman–Crippen LogP) is 1.18. The van der Waals surface area contributed by atoms with Crippen LogP contribution in [0.1, 0.15) is 19.8 Å². The molecule has 0 radical (unpaired) electrons. The summed E-state index contributed by atoms with van der Waals surface area (Å²) in [5, 5.41) is 3.23. The number of nitrogens with zero attached hydrogens (tertiary/aromatic N) is 1. The first-order chi connectivity index (χ1) is 10.1. The molecule has 2 aliphatic heterocycles. The van der Waals surface area contributed by atoms with Gasteiger partial charge in [-0.05, 0) is 31.5 Å². The van der Waals surface area contributed by atoms with E-state index < -0.39 is 10.0 Å². The number of sulfonamides is 1. The van der Waals surface area contributed by atoms with E-state index in [1.165, 1.54) is 0 Å². The number of hydrogen-bond acceptors (Lipinski definition) is 5. The maximum Gasteiger partial charge on any atom is 0.243 e. The molecule has 0 bridgehead atoms. The lowest BCUT2D eigenvalue weighted by molar-refractivity contribution is 0.174. The number of hydrogen-bond donors (Lipinski definition) is 1. The minimum Gasteiger partial charge on any atom is -0.454 e. The van der Waals surface area contributed by atoms with Crippen molar-refractivity contribution in [1.82, 2.24) is 9.62 Å². The minimum atomic E-state index is -3.51. The Bertz CT molecular complexity index is 611. The second-order valence-corrected chi connectivity index (χ2v) is 7.17. The molecule has 7 heteroatoms. The molecule has 1 aromatic carbocycles. The van der Waals surface area contributed by atoms with Gasteiger partial charge in [0.15, 0.2) is 11.5 Å². The smallest absolute Gasteiger partial charge is 0.243 e. The fourth-order valence-corrected chi connectivity index (χ4v) is 4.54. The normalized spacial score (nSPS) is 21.1. The van der Waals surface area contributed by atoms with Crippen molar-refractivity contribution in [2.75, 3.05) is 26.4 Å². The van der Waals surface area contributed by atoms with Gasteiger partial charge >= 0.3 is 0 Å². The van der Waals surface area contributed by atoms with E-state index >= 15 is 0 Å². The van der Waals surface area contributed by atoms with Crippen molar-refractivity contribution >= 4 is 10.0 Å². The van der Waals surface area contributed by atoms with Crippen LogP contribution < -0.4 is 14.8 Å². The summed E-state index contributed by atoms with van der Waals surface area (Å²) in [6, 6.07) is 4.84. The van der Waals surface area contributed by atoms with E-state index in [0.29, 0.717) is 24.6 Å². The summed E-state index contributed by atoms with van der Waals surface area (Å²) < 4.78 is 38.0.